The van der Waals surface area contributed by atoms with Crippen molar-refractivity contribution < 1.29 is 38.2 Å². The second-order valence-electron chi connectivity index (χ2n) is 8.11. The molecule has 0 amide bonds. The van der Waals surface area contributed by atoms with Gasteiger partial charge in [-0.1, -0.05) is 35.0 Å². The maximum atomic E-state index is 11.9. The lowest BCUT2D eigenvalue weighted by Gasteiger charge is -2.18. The lowest BCUT2D eigenvalue weighted by Crippen LogP contribution is -2.26. The fraction of sp³-hybridized carbons (Fsp3) is 0.444. The number of ether oxygens (including phenoxy) is 1. The molecule has 1 fully saturated rings. The van der Waals surface area contributed by atoms with Crippen molar-refractivity contribution in [2.75, 3.05) is 17.8 Å². The highest BCUT2D eigenvalue weighted by Crippen LogP contribution is 2.55. The second kappa shape index (κ2) is 10.6. The Kier molecular flexibility index (Phi) is 8.04. The molecule has 1 unspecified atom stereocenters. The van der Waals surface area contributed by atoms with E-state index < -0.39 is 46.1 Å². The van der Waals surface area contributed by atoms with Gasteiger partial charge in [0.15, 0.2) is 29.1 Å². The van der Waals surface area contributed by atoms with Crippen molar-refractivity contribution in [2.45, 2.75) is 37.8 Å². The number of nitrogens with one attached hydrogen (secondary N) is 1. The van der Waals surface area contributed by atoms with Crippen molar-refractivity contribution in [1.82, 2.24) is 25.0 Å². The third kappa shape index (κ3) is 6.40. The summed E-state index contributed by atoms with van der Waals surface area (Å²) in [4.78, 5) is 35.8. The maximum Gasteiger partial charge on any atom is 0.340 e. The largest absolute Gasteiger partial charge is 0.390 e. The summed E-state index contributed by atoms with van der Waals surface area (Å²) in [5, 5.41) is 22.2. The highest BCUT2D eigenvalue weighted by Gasteiger charge is 2.39. The molecule has 36 heavy (non-hydrogen) atoms. The van der Waals surface area contributed by atoms with Crippen molar-refractivity contribution in [3.05, 3.63) is 40.1 Å². The van der Waals surface area contributed by atoms with Crippen LogP contribution in [0.25, 0.3) is 11.2 Å². The Morgan fingerprint density at radius 2 is 1.97 bits per heavy atom. The van der Waals surface area contributed by atoms with Crippen molar-refractivity contribution in [1.29, 1.82) is 0 Å². The number of hydrogen-bond acceptors (Lipinski definition) is 10. The van der Waals surface area contributed by atoms with E-state index in [1.54, 1.807) is 6.07 Å². The van der Waals surface area contributed by atoms with Gasteiger partial charge in [0.1, 0.15) is 6.10 Å². The number of rotatable bonds is 9. The fourth-order valence-corrected chi connectivity index (χ4v) is 6.72. The average Bonchev–Trinajstić information content (AvgIpc) is 3.34. The van der Waals surface area contributed by atoms with E-state index in [1.165, 1.54) is 4.68 Å². The highest BCUT2D eigenvalue weighted by molar-refractivity contribution is 7.70. The Morgan fingerprint density at radius 1 is 1.25 bits per heavy atom. The maximum absolute atomic E-state index is 11.9. The summed E-state index contributed by atoms with van der Waals surface area (Å²) in [6, 6.07) is 7.01. The molecule has 0 aliphatic carbocycles. The van der Waals surface area contributed by atoms with Crippen molar-refractivity contribution in [2.24, 2.45) is 0 Å². The van der Waals surface area contributed by atoms with Crippen LogP contribution >= 0.6 is 38.4 Å². The summed E-state index contributed by atoms with van der Waals surface area (Å²) in [5.74, 6) is -1.06. The quantitative estimate of drug-likeness (QED) is 0.182. The van der Waals surface area contributed by atoms with Crippen LogP contribution in [0.3, 0.4) is 0 Å². The molecule has 0 bridgehead atoms. The van der Waals surface area contributed by atoms with Crippen LogP contribution in [0.1, 0.15) is 31.2 Å². The molecule has 196 valence electrons. The van der Waals surface area contributed by atoms with Gasteiger partial charge in [-0.05, 0) is 30.2 Å². The first-order valence-electron chi connectivity index (χ1n) is 10.5. The molecule has 5 N–H and O–H groups in total. The zero-order chi connectivity index (χ0) is 26.3. The predicted molar refractivity (Wildman–Crippen MR) is 129 cm³/mol. The van der Waals surface area contributed by atoms with E-state index in [0.29, 0.717) is 10.8 Å². The van der Waals surface area contributed by atoms with Crippen LogP contribution in [0.4, 0.5) is 5.82 Å². The van der Waals surface area contributed by atoms with Gasteiger partial charge in [0, 0.05) is 11.4 Å². The Labute approximate surface area is 214 Å². The Bertz CT molecular complexity index is 1360. The number of benzene rings is 1. The minimum Gasteiger partial charge on any atom is -0.390 e. The smallest absolute Gasteiger partial charge is 0.340 e. The molecular weight excluding hydrogens is 561 g/mol. The standard InChI is InChI=1S/C18H22Cl2N6O8P2/c1-9(10-4-2-3-5-11(10)19)21-16-15-17(23-18(20)22-16)26(25-24-15)14-6-12(27)13(34-14)7-33-36(31,32)8-35(28,29)30/h2-5,9,12-14,27H,6-8H2,1H3,(H,31,32)(H,21,22,23)(H2,28,29,30)/t9-,12-,13+,14+/m0/s1. The van der Waals surface area contributed by atoms with Gasteiger partial charge < -0.3 is 34.4 Å². The number of aliphatic hydroxyl groups excluding tert-OH is 1. The third-order valence-corrected chi connectivity index (χ3v) is 9.27. The summed E-state index contributed by atoms with van der Waals surface area (Å²) in [6.45, 7) is 1.29. The number of aliphatic hydroxyl groups is 1. The molecule has 3 aromatic rings. The molecule has 3 heterocycles. The van der Waals surface area contributed by atoms with Crippen molar-refractivity contribution in [3.8, 4) is 0 Å². The van der Waals surface area contributed by atoms with Gasteiger partial charge in [0.05, 0.1) is 18.8 Å². The molecule has 5 atom stereocenters. The number of halogens is 2. The number of aromatic nitrogens is 5. The van der Waals surface area contributed by atoms with Crippen LogP contribution in [-0.2, 0) is 18.4 Å². The third-order valence-electron chi connectivity index (χ3n) is 5.30. The van der Waals surface area contributed by atoms with Gasteiger partial charge >= 0.3 is 15.2 Å². The Hall–Kier alpha value is -1.70. The summed E-state index contributed by atoms with van der Waals surface area (Å²) in [5.41, 5.74) is 1.30. The van der Waals surface area contributed by atoms with E-state index in [9.17, 15) is 19.1 Å². The molecule has 1 aliphatic heterocycles. The molecule has 2 aromatic heterocycles. The van der Waals surface area contributed by atoms with Crippen LogP contribution < -0.4 is 5.32 Å². The van der Waals surface area contributed by atoms with Crippen LogP contribution in [0.15, 0.2) is 24.3 Å². The summed E-state index contributed by atoms with van der Waals surface area (Å²) < 4.78 is 34.7. The van der Waals surface area contributed by atoms with Crippen LogP contribution in [-0.4, -0.2) is 69.5 Å². The molecule has 0 radical (unpaired) electrons. The number of anilines is 1. The predicted octanol–water partition coefficient (Wildman–Crippen LogP) is 2.69. The monoisotopic (exact) mass is 582 g/mol. The average molecular weight is 583 g/mol. The zero-order valence-corrected chi connectivity index (χ0v) is 21.8. The van der Waals surface area contributed by atoms with Gasteiger partial charge in [0.2, 0.25) is 5.28 Å². The lowest BCUT2D eigenvalue weighted by molar-refractivity contribution is -0.0440. The topological polar surface area (TPSA) is 202 Å². The molecule has 1 saturated heterocycles. The molecule has 0 spiro atoms. The first kappa shape index (κ1) is 27.3. The van der Waals surface area contributed by atoms with Crippen LogP contribution in [0, 0.1) is 0 Å². The van der Waals surface area contributed by atoms with Gasteiger partial charge in [-0.15, -0.1) is 5.10 Å². The Morgan fingerprint density at radius 3 is 2.67 bits per heavy atom. The molecule has 18 heteroatoms. The van der Waals surface area contributed by atoms with E-state index in [-0.39, 0.29) is 28.9 Å². The highest BCUT2D eigenvalue weighted by atomic mass is 35.5. The molecule has 0 saturated carbocycles. The SMILES string of the molecule is C[C@H](Nc1nc(Cl)nc2c1nnn2[C@H]1C[C@H](O)[C@@H](COP(=O)(O)CP(=O)(O)O)O1)c1ccccc1Cl. The van der Waals surface area contributed by atoms with Gasteiger partial charge in [-0.3, -0.25) is 9.13 Å². The first-order valence-corrected chi connectivity index (χ1v) is 14.8. The van der Waals surface area contributed by atoms with Crippen molar-refractivity contribution >= 4 is 55.4 Å². The van der Waals surface area contributed by atoms with E-state index in [2.05, 4.69) is 25.6 Å². The van der Waals surface area contributed by atoms with Gasteiger partial charge in [-0.2, -0.15) is 14.6 Å². The van der Waals surface area contributed by atoms with E-state index in [4.69, 9.17) is 42.2 Å². The fourth-order valence-electron chi connectivity index (χ4n) is 3.69. The second-order valence-corrected chi connectivity index (χ2v) is 12.8. The molecule has 4 rings (SSSR count). The molecule has 14 nitrogen and oxygen atoms in total. The lowest BCUT2D eigenvalue weighted by atomic mass is 10.1. The van der Waals surface area contributed by atoms with Crippen molar-refractivity contribution in [3.63, 3.8) is 0 Å². The van der Waals surface area contributed by atoms with E-state index in [0.717, 1.165) is 5.56 Å². The zero-order valence-electron chi connectivity index (χ0n) is 18.5. The summed E-state index contributed by atoms with van der Waals surface area (Å²) >= 11 is 12.4. The summed E-state index contributed by atoms with van der Waals surface area (Å²) in [7, 11) is -9.40. The Balaban J connectivity index is 1.52. The number of hydrogen-bond donors (Lipinski definition) is 5. The van der Waals surface area contributed by atoms with Gasteiger partial charge in [-0.25, -0.2) is 0 Å². The van der Waals surface area contributed by atoms with E-state index >= 15 is 0 Å². The molecular formula is C18H22Cl2N6O8P2. The van der Waals surface area contributed by atoms with Crippen LogP contribution in [0.2, 0.25) is 10.3 Å². The van der Waals surface area contributed by atoms with Gasteiger partial charge in [0.25, 0.3) is 0 Å². The summed E-state index contributed by atoms with van der Waals surface area (Å²) in [6.07, 6.45) is -3.11. The van der Waals surface area contributed by atoms with E-state index in [1.807, 2.05) is 25.1 Å². The van der Waals surface area contributed by atoms with Crippen LogP contribution in [0.5, 0.6) is 0 Å². The minimum atomic E-state index is -4.79. The minimum absolute atomic E-state index is 0.00111. The molecule has 1 aliphatic rings. The normalized spacial score (nSPS) is 23.0. The number of nitrogens with zero attached hydrogens (tertiary/aromatic N) is 5. The molecule has 1 aromatic carbocycles. The first-order chi connectivity index (χ1) is 16.8. The number of fused-ring (bicyclic) bond motifs is 1.